The fourth-order valence-electron chi connectivity index (χ4n) is 9.55. The Morgan fingerprint density at radius 3 is 0.830 bits per heavy atom. The van der Waals surface area contributed by atoms with Crippen molar-refractivity contribution < 1.29 is 80.2 Å². The van der Waals surface area contributed by atoms with Crippen molar-refractivity contribution in [3.8, 4) is 0 Å². The number of phosphoric ester groups is 2. The second-order valence-corrected chi connectivity index (χ2v) is 27.7. The van der Waals surface area contributed by atoms with Crippen LogP contribution in [0.3, 0.4) is 0 Å². The van der Waals surface area contributed by atoms with E-state index in [2.05, 4.69) is 174 Å². The molecule has 17 nitrogen and oxygen atoms in total. The highest BCUT2D eigenvalue weighted by atomic mass is 31.2. The molecular formula is C81H134O17P2. The van der Waals surface area contributed by atoms with Crippen molar-refractivity contribution in [1.82, 2.24) is 0 Å². The van der Waals surface area contributed by atoms with Gasteiger partial charge in [-0.05, 0) is 154 Å². The molecule has 19 heteroatoms. The van der Waals surface area contributed by atoms with Gasteiger partial charge in [-0.15, -0.1) is 0 Å². The number of aliphatic hydroxyl groups excluding tert-OH is 1. The van der Waals surface area contributed by atoms with Crippen LogP contribution >= 0.6 is 15.6 Å². The highest BCUT2D eigenvalue weighted by Gasteiger charge is 2.30. The lowest BCUT2D eigenvalue weighted by Gasteiger charge is -2.21. The summed E-state index contributed by atoms with van der Waals surface area (Å²) in [4.78, 5) is 72.8. The molecule has 0 aromatic rings. The first kappa shape index (κ1) is 94.9. The third kappa shape index (κ3) is 71.3. The number of ether oxygens (including phenoxy) is 4. The summed E-state index contributed by atoms with van der Waals surface area (Å²) < 4.78 is 68.4. The Balaban J connectivity index is 5.39. The SMILES string of the molecule is CC/C=C\C/C=C\C/C=C\C/C=C\CCCCCCCCC(=O)OCC(COP(=O)(O)OCC(O)COP(=O)(O)OCC(COC(=O)CCCC/C=C\C/C=C\C/C=C\C/C=C\CC)OC(=O)CCCCCCC/C=C\CCCC)OC(=O)CCCCCCC/C=C\C/C=C\C/C=C\CC. The molecule has 0 fully saturated rings. The Morgan fingerprint density at radius 2 is 0.520 bits per heavy atom. The van der Waals surface area contributed by atoms with E-state index in [1.165, 1.54) is 12.8 Å². The molecule has 0 bridgehead atoms. The molecule has 0 heterocycles. The summed E-state index contributed by atoms with van der Waals surface area (Å²) in [6, 6.07) is 0. The first-order valence-electron chi connectivity index (χ1n) is 38.1. The molecule has 0 saturated heterocycles. The second kappa shape index (κ2) is 72.3. The van der Waals surface area contributed by atoms with Crippen LogP contribution in [0, 0.1) is 0 Å². The van der Waals surface area contributed by atoms with Crippen LogP contribution in [-0.4, -0.2) is 96.7 Å². The Bertz CT molecular complexity index is 2470. The minimum Gasteiger partial charge on any atom is -0.462 e. The lowest BCUT2D eigenvalue weighted by molar-refractivity contribution is -0.161. The maximum atomic E-state index is 13.1. The van der Waals surface area contributed by atoms with Gasteiger partial charge in [-0.2, -0.15) is 0 Å². The average molecular weight is 1440 g/mol. The third-order valence-corrected chi connectivity index (χ3v) is 17.2. The van der Waals surface area contributed by atoms with Crippen LogP contribution in [0.5, 0.6) is 0 Å². The molecule has 100 heavy (non-hydrogen) atoms. The monoisotopic (exact) mass is 1440 g/mol. The van der Waals surface area contributed by atoms with Crippen molar-refractivity contribution in [2.45, 2.75) is 303 Å². The number of carbonyl (C=O) groups excluding carboxylic acids is 4. The first-order chi connectivity index (χ1) is 48.7. The molecule has 5 unspecified atom stereocenters. The standard InChI is InChI=1S/C81H134O17P2/c1-5-9-13-17-21-25-29-32-35-36-37-38-41-43-47-50-54-58-62-66-79(84)92-72-77(98-81(86)68-64-60-56-52-48-44-40-34-31-27-23-19-15-11-7-3)74-96-100(89,90)94-70-75(82)69-93-99(87,88)95-73-76(97-80(85)67-63-59-55-51-45-28-24-20-16-12-8-4)71-91-78(83)65-61-57-53-49-46-42-39-33-30-26-22-18-14-10-6-2/h9-11,13-15,20-27,32-35,37-40,46,49,75-77,82H,5-8,12,16-19,28-31,36,41-45,47-48,50-74H2,1-4H3,(H,87,88)(H,89,90)/b13-9-,14-10-,15-11-,24-20-,25-21-,26-22-,27-23-,35-32-,38-37-,39-33-,40-34-,49-46-. The summed E-state index contributed by atoms with van der Waals surface area (Å²) in [5.41, 5.74) is 0. The molecule has 0 amide bonds. The van der Waals surface area contributed by atoms with Crippen molar-refractivity contribution in [2.75, 3.05) is 39.6 Å². The maximum absolute atomic E-state index is 13.1. The van der Waals surface area contributed by atoms with E-state index in [0.717, 1.165) is 193 Å². The van der Waals surface area contributed by atoms with Crippen molar-refractivity contribution in [3.05, 3.63) is 146 Å². The van der Waals surface area contributed by atoms with Crippen LogP contribution in [-0.2, 0) is 65.4 Å². The van der Waals surface area contributed by atoms with Gasteiger partial charge in [0.25, 0.3) is 0 Å². The van der Waals surface area contributed by atoms with E-state index in [-0.39, 0.29) is 25.7 Å². The van der Waals surface area contributed by atoms with Crippen LogP contribution in [0.2, 0.25) is 0 Å². The molecule has 0 aromatic heterocycles. The Morgan fingerprint density at radius 1 is 0.290 bits per heavy atom. The first-order valence-corrected chi connectivity index (χ1v) is 41.1. The number of esters is 4. The van der Waals surface area contributed by atoms with Gasteiger partial charge in [0.05, 0.1) is 26.4 Å². The molecule has 0 aliphatic rings. The largest absolute Gasteiger partial charge is 0.472 e. The number of hydrogen-bond acceptors (Lipinski definition) is 15. The summed E-state index contributed by atoms with van der Waals surface area (Å²) in [6.45, 7) is 4.38. The van der Waals surface area contributed by atoms with E-state index in [0.29, 0.717) is 25.7 Å². The maximum Gasteiger partial charge on any atom is 0.472 e. The zero-order chi connectivity index (χ0) is 73.2. The number of allylic oxidation sites excluding steroid dienone is 24. The predicted octanol–water partition coefficient (Wildman–Crippen LogP) is 21.9. The van der Waals surface area contributed by atoms with Gasteiger partial charge in [-0.3, -0.25) is 37.3 Å². The van der Waals surface area contributed by atoms with Gasteiger partial charge < -0.3 is 33.8 Å². The normalized spacial score (nSPS) is 14.8. The molecule has 0 radical (unpaired) electrons. The van der Waals surface area contributed by atoms with E-state index in [1.54, 1.807) is 0 Å². The molecule has 0 aromatic carbocycles. The zero-order valence-corrected chi connectivity index (χ0v) is 63.9. The number of rotatable bonds is 70. The number of hydrogen-bond donors (Lipinski definition) is 3. The van der Waals surface area contributed by atoms with Gasteiger partial charge >= 0.3 is 39.5 Å². The quantitative estimate of drug-likeness (QED) is 0.0169. The minimum absolute atomic E-state index is 0.0668. The third-order valence-electron chi connectivity index (χ3n) is 15.3. The highest BCUT2D eigenvalue weighted by molar-refractivity contribution is 7.47. The molecule has 0 aliphatic carbocycles. The smallest absolute Gasteiger partial charge is 0.462 e. The summed E-state index contributed by atoms with van der Waals surface area (Å²) >= 11 is 0. The average Bonchev–Trinajstić information content (AvgIpc) is 0.985. The van der Waals surface area contributed by atoms with E-state index in [1.807, 2.05) is 0 Å². The van der Waals surface area contributed by atoms with Crippen molar-refractivity contribution in [3.63, 3.8) is 0 Å². The number of unbranched alkanes of at least 4 members (excludes halogenated alkanes) is 20. The van der Waals surface area contributed by atoms with Crippen LogP contribution in [0.25, 0.3) is 0 Å². The topological polar surface area (TPSA) is 237 Å². The van der Waals surface area contributed by atoms with Crippen LogP contribution in [0.1, 0.15) is 285 Å². The van der Waals surface area contributed by atoms with Crippen molar-refractivity contribution >= 4 is 39.5 Å². The van der Waals surface area contributed by atoms with E-state index in [9.17, 15) is 43.2 Å². The molecular weight excluding hydrogens is 1310 g/mol. The number of phosphoric acid groups is 2. The van der Waals surface area contributed by atoms with Gasteiger partial charge in [0, 0.05) is 25.7 Å². The lowest BCUT2D eigenvalue weighted by Crippen LogP contribution is -2.30. The Hall–Kier alpha value is -5.06. The van der Waals surface area contributed by atoms with Crippen LogP contribution in [0.4, 0.5) is 0 Å². The molecule has 3 N–H and O–H groups in total. The van der Waals surface area contributed by atoms with E-state index in [4.69, 9.17) is 37.0 Å². The van der Waals surface area contributed by atoms with Crippen molar-refractivity contribution in [1.29, 1.82) is 0 Å². The minimum atomic E-state index is -4.99. The molecule has 5 atom stereocenters. The van der Waals surface area contributed by atoms with Crippen molar-refractivity contribution in [2.24, 2.45) is 0 Å². The lowest BCUT2D eigenvalue weighted by atomic mass is 10.1. The molecule has 0 rings (SSSR count). The van der Waals surface area contributed by atoms with E-state index >= 15 is 0 Å². The zero-order valence-electron chi connectivity index (χ0n) is 62.1. The molecule has 0 spiro atoms. The summed E-state index contributed by atoms with van der Waals surface area (Å²) in [5, 5.41) is 10.6. The molecule has 570 valence electrons. The fraction of sp³-hybridized carbons (Fsp3) is 0.654. The van der Waals surface area contributed by atoms with Crippen LogP contribution < -0.4 is 0 Å². The summed E-state index contributed by atoms with van der Waals surface area (Å²) in [6.07, 6.45) is 81.3. The summed E-state index contributed by atoms with van der Waals surface area (Å²) in [5.74, 6) is -2.27. The number of carbonyl (C=O) groups is 4. The Labute approximate surface area is 605 Å². The van der Waals surface area contributed by atoms with Crippen LogP contribution in [0.15, 0.2) is 146 Å². The van der Waals surface area contributed by atoms with Gasteiger partial charge in [0.2, 0.25) is 0 Å². The van der Waals surface area contributed by atoms with Gasteiger partial charge in [-0.25, -0.2) is 9.13 Å². The Kier molecular flexibility index (Phi) is 68.6. The predicted molar refractivity (Wildman–Crippen MR) is 408 cm³/mol. The fourth-order valence-corrected chi connectivity index (χ4v) is 11.1. The molecule has 0 saturated carbocycles. The van der Waals surface area contributed by atoms with Gasteiger partial charge in [-0.1, -0.05) is 251 Å². The molecule has 0 aliphatic heterocycles. The van der Waals surface area contributed by atoms with Gasteiger partial charge in [0.15, 0.2) is 12.2 Å². The van der Waals surface area contributed by atoms with Gasteiger partial charge in [0.1, 0.15) is 19.3 Å². The highest BCUT2D eigenvalue weighted by Crippen LogP contribution is 2.45. The summed E-state index contributed by atoms with van der Waals surface area (Å²) in [7, 11) is -9.98. The second-order valence-electron chi connectivity index (χ2n) is 24.8. The number of aliphatic hydroxyl groups is 1. The van der Waals surface area contributed by atoms with E-state index < -0.39 is 97.5 Å².